The van der Waals surface area contributed by atoms with E-state index < -0.39 is 0 Å². The Labute approximate surface area is 183 Å². The van der Waals surface area contributed by atoms with Gasteiger partial charge in [-0.05, 0) is 53.2 Å². The van der Waals surface area contributed by atoms with Gasteiger partial charge in [-0.3, -0.25) is 19.1 Å². The van der Waals surface area contributed by atoms with Crippen molar-refractivity contribution in [1.82, 2.24) is 19.4 Å². The lowest BCUT2D eigenvalue weighted by Crippen LogP contribution is -2.41. The molecule has 9 heteroatoms. The van der Waals surface area contributed by atoms with Crippen LogP contribution in [-0.2, 0) is 11.3 Å². The number of aliphatic hydroxyl groups is 1. The molecule has 30 heavy (non-hydrogen) atoms. The van der Waals surface area contributed by atoms with E-state index in [2.05, 4.69) is 30.8 Å². The van der Waals surface area contributed by atoms with Crippen LogP contribution in [0.1, 0.15) is 38.2 Å². The first-order valence-electron chi connectivity index (χ1n) is 10.2. The van der Waals surface area contributed by atoms with Gasteiger partial charge in [-0.25, -0.2) is 9.97 Å². The van der Waals surface area contributed by atoms with Crippen molar-refractivity contribution < 1.29 is 9.90 Å². The van der Waals surface area contributed by atoms with Crippen LogP contribution in [0.15, 0.2) is 41.5 Å². The van der Waals surface area contributed by atoms with E-state index in [1.165, 1.54) is 6.92 Å². The fourth-order valence-corrected chi connectivity index (χ4v) is 4.38. The van der Waals surface area contributed by atoms with Crippen LogP contribution in [0, 0.1) is 0 Å². The van der Waals surface area contributed by atoms with Crippen molar-refractivity contribution in [2.45, 2.75) is 45.2 Å². The second-order valence-electron chi connectivity index (χ2n) is 7.52. The zero-order valence-electron chi connectivity index (χ0n) is 16.9. The second-order valence-corrected chi connectivity index (χ2v) is 8.33. The Bertz CT molecular complexity index is 1020. The topological polar surface area (TPSA) is 86.9 Å². The highest BCUT2D eigenvalue weighted by molar-refractivity contribution is 9.10. The van der Waals surface area contributed by atoms with Gasteiger partial charge in [-0.1, -0.05) is 6.07 Å². The first-order valence-corrected chi connectivity index (χ1v) is 11.0. The Kier molecular flexibility index (Phi) is 6.29. The highest BCUT2D eigenvalue weighted by Crippen LogP contribution is 2.31. The van der Waals surface area contributed by atoms with Gasteiger partial charge < -0.3 is 10.0 Å². The SMILES string of the molecule is CC(=O)N(Cc1cccnc1)c1nc(N2CCCCC2CCO)cn2c(Br)cnc12. The Morgan fingerprint density at radius 1 is 1.37 bits per heavy atom. The van der Waals surface area contributed by atoms with Crippen molar-refractivity contribution >= 4 is 39.1 Å². The van der Waals surface area contributed by atoms with Gasteiger partial charge >= 0.3 is 0 Å². The molecule has 8 nitrogen and oxygen atoms in total. The fraction of sp³-hybridized carbons (Fsp3) is 0.429. The van der Waals surface area contributed by atoms with Gasteiger partial charge in [0.15, 0.2) is 11.5 Å². The zero-order valence-corrected chi connectivity index (χ0v) is 18.5. The summed E-state index contributed by atoms with van der Waals surface area (Å²) in [5.74, 6) is 1.18. The number of hydrogen-bond donors (Lipinski definition) is 1. The molecule has 1 aliphatic rings. The summed E-state index contributed by atoms with van der Waals surface area (Å²) in [7, 11) is 0. The number of nitrogens with zero attached hydrogens (tertiary/aromatic N) is 6. The van der Waals surface area contributed by atoms with E-state index in [9.17, 15) is 9.90 Å². The van der Waals surface area contributed by atoms with Crippen molar-refractivity contribution in [2.75, 3.05) is 23.0 Å². The number of amides is 1. The van der Waals surface area contributed by atoms with Crippen LogP contribution in [0.3, 0.4) is 0 Å². The number of aliphatic hydroxyl groups excluding tert-OH is 1. The molecular formula is C21H25BrN6O2. The van der Waals surface area contributed by atoms with Gasteiger partial charge in [0.25, 0.3) is 0 Å². The normalized spacial score (nSPS) is 16.8. The number of anilines is 2. The second kappa shape index (κ2) is 9.09. The van der Waals surface area contributed by atoms with Crippen molar-refractivity contribution in [2.24, 2.45) is 0 Å². The number of fused-ring (bicyclic) bond motifs is 1. The molecule has 3 aromatic heterocycles. The van der Waals surface area contributed by atoms with Crippen LogP contribution in [0.4, 0.5) is 11.6 Å². The van der Waals surface area contributed by atoms with E-state index in [0.29, 0.717) is 24.4 Å². The Morgan fingerprint density at radius 3 is 2.97 bits per heavy atom. The molecule has 1 saturated heterocycles. The summed E-state index contributed by atoms with van der Waals surface area (Å²) in [5.41, 5.74) is 1.53. The molecule has 1 N–H and O–H groups in total. The first-order chi connectivity index (χ1) is 14.6. The Balaban J connectivity index is 1.80. The molecule has 1 amide bonds. The predicted molar refractivity (Wildman–Crippen MR) is 118 cm³/mol. The number of carbonyl (C=O) groups excluding carboxylic acids is 1. The lowest BCUT2D eigenvalue weighted by atomic mass is 10.00. The maximum absolute atomic E-state index is 12.6. The molecule has 0 saturated carbocycles. The van der Waals surface area contributed by atoms with Gasteiger partial charge in [-0.2, -0.15) is 0 Å². The maximum Gasteiger partial charge on any atom is 0.225 e. The van der Waals surface area contributed by atoms with Crippen molar-refractivity contribution in [3.63, 3.8) is 0 Å². The van der Waals surface area contributed by atoms with Gasteiger partial charge in [0.05, 0.1) is 18.9 Å². The Morgan fingerprint density at radius 2 is 2.23 bits per heavy atom. The largest absolute Gasteiger partial charge is 0.396 e. The summed E-state index contributed by atoms with van der Waals surface area (Å²) >= 11 is 3.56. The van der Waals surface area contributed by atoms with Gasteiger partial charge in [-0.15, -0.1) is 0 Å². The van der Waals surface area contributed by atoms with Crippen LogP contribution < -0.4 is 9.80 Å². The standard InChI is InChI=1S/C21H25BrN6O2/c1-15(30)27(13-16-5-4-8-23-11-16)21-20-24-12-18(22)28(20)14-19(25-21)26-9-3-2-6-17(26)7-10-29/h4-5,8,11-12,14,17,29H,2-3,6-7,9-10,13H2,1H3. The summed E-state index contributed by atoms with van der Waals surface area (Å²) in [6.45, 7) is 2.91. The summed E-state index contributed by atoms with van der Waals surface area (Å²) in [6.07, 6.45) is 11.1. The van der Waals surface area contributed by atoms with Gasteiger partial charge in [0, 0.05) is 38.5 Å². The lowest BCUT2D eigenvalue weighted by molar-refractivity contribution is -0.116. The minimum atomic E-state index is -0.116. The average Bonchev–Trinajstić information content (AvgIpc) is 3.13. The van der Waals surface area contributed by atoms with Gasteiger partial charge in [0.2, 0.25) is 5.91 Å². The molecule has 0 radical (unpaired) electrons. The number of imidazole rings is 1. The molecule has 1 atom stereocenters. The van der Waals surface area contributed by atoms with E-state index in [4.69, 9.17) is 4.98 Å². The number of halogens is 1. The molecule has 0 spiro atoms. The van der Waals surface area contributed by atoms with Crippen molar-refractivity contribution in [3.05, 3.63) is 47.1 Å². The van der Waals surface area contributed by atoms with E-state index in [1.54, 1.807) is 23.5 Å². The molecule has 0 bridgehead atoms. The number of rotatable bonds is 6. The number of piperidine rings is 1. The first kappa shape index (κ1) is 20.7. The maximum atomic E-state index is 12.6. The lowest BCUT2D eigenvalue weighted by Gasteiger charge is -2.37. The predicted octanol–water partition coefficient (Wildman–Crippen LogP) is 3.18. The summed E-state index contributed by atoms with van der Waals surface area (Å²) in [5, 5.41) is 9.52. The molecular weight excluding hydrogens is 448 g/mol. The van der Waals surface area contributed by atoms with E-state index in [0.717, 1.165) is 41.8 Å². The molecule has 0 aliphatic carbocycles. The van der Waals surface area contributed by atoms with Crippen LogP contribution in [-0.4, -0.2) is 49.6 Å². The quantitative estimate of drug-likeness (QED) is 0.592. The van der Waals surface area contributed by atoms with Crippen LogP contribution in [0.2, 0.25) is 0 Å². The average molecular weight is 473 g/mol. The van der Waals surface area contributed by atoms with Crippen molar-refractivity contribution in [1.29, 1.82) is 0 Å². The minimum Gasteiger partial charge on any atom is -0.396 e. The summed E-state index contributed by atoms with van der Waals surface area (Å²) in [6, 6.07) is 4.02. The fourth-order valence-electron chi connectivity index (χ4n) is 4.01. The monoisotopic (exact) mass is 472 g/mol. The number of aromatic nitrogens is 4. The molecule has 4 heterocycles. The van der Waals surface area contributed by atoms with E-state index in [1.807, 2.05) is 22.7 Å². The molecule has 0 aromatic carbocycles. The number of pyridine rings is 1. The van der Waals surface area contributed by atoms with E-state index >= 15 is 0 Å². The molecule has 158 valence electrons. The summed E-state index contributed by atoms with van der Waals surface area (Å²) < 4.78 is 2.71. The molecule has 4 rings (SSSR count). The molecule has 1 aliphatic heterocycles. The number of hydrogen-bond acceptors (Lipinski definition) is 6. The zero-order chi connectivity index (χ0) is 21.1. The third-order valence-corrected chi connectivity index (χ3v) is 6.09. The highest BCUT2D eigenvalue weighted by atomic mass is 79.9. The van der Waals surface area contributed by atoms with Crippen molar-refractivity contribution in [3.8, 4) is 0 Å². The summed E-state index contributed by atoms with van der Waals surface area (Å²) in [4.78, 5) is 30.1. The third kappa shape index (κ3) is 4.17. The minimum absolute atomic E-state index is 0.116. The van der Waals surface area contributed by atoms with Crippen LogP contribution in [0.5, 0.6) is 0 Å². The van der Waals surface area contributed by atoms with Gasteiger partial charge in [0.1, 0.15) is 10.4 Å². The smallest absolute Gasteiger partial charge is 0.225 e. The third-order valence-electron chi connectivity index (χ3n) is 5.50. The van der Waals surface area contributed by atoms with Crippen LogP contribution >= 0.6 is 15.9 Å². The van der Waals surface area contributed by atoms with Crippen LogP contribution in [0.25, 0.3) is 5.65 Å². The molecule has 3 aromatic rings. The number of carbonyl (C=O) groups is 1. The van der Waals surface area contributed by atoms with E-state index in [-0.39, 0.29) is 18.6 Å². The Hall–Kier alpha value is -2.52. The highest BCUT2D eigenvalue weighted by Gasteiger charge is 2.27. The molecule has 1 unspecified atom stereocenters. The molecule has 1 fully saturated rings.